The van der Waals surface area contributed by atoms with Gasteiger partial charge in [-0.15, -0.1) is 11.3 Å². The number of rotatable bonds is 4. The van der Waals surface area contributed by atoms with Gasteiger partial charge in [-0.25, -0.2) is 0 Å². The van der Waals surface area contributed by atoms with Crippen LogP contribution in [0.25, 0.3) is 0 Å². The Kier molecular flexibility index (Phi) is 4.29. The molecule has 126 valence electrons. The molecule has 1 amide bonds. The zero-order chi connectivity index (χ0) is 16.5. The molecule has 3 aliphatic heterocycles. The molecule has 2 aromatic rings. The van der Waals surface area contributed by atoms with Crippen LogP contribution < -0.4 is 10.1 Å². The molecule has 2 bridgehead atoms. The van der Waals surface area contributed by atoms with E-state index in [0.29, 0.717) is 17.5 Å². The number of thiophene rings is 1. The maximum absolute atomic E-state index is 12.5. The Bertz CT molecular complexity index is 717. The summed E-state index contributed by atoms with van der Waals surface area (Å²) in [5, 5.41) is 4.09. The Morgan fingerprint density at radius 2 is 1.92 bits per heavy atom. The summed E-state index contributed by atoms with van der Waals surface area (Å²) in [6, 6.07) is 11.7. The van der Waals surface area contributed by atoms with Crippen molar-refractivity contribution in [1.29, 1.82) is 0 Å². The van der Waals surface area contributed by atoms with E-state index >= 15 is 0 Å². The van der Waals surface area contributed by atoms with E-state index in [9.17, 15) is 4.79 Å². The second-order valence-electron chi connectivity index (χ2n) is 6.71. The van der Waals surface area contributed by atoms with E-state index in [-0.39, 0.29) is 5.91 Å². The highest BCUT2D eigenvalue weighted by Gasteiger charge is 2.34. The van der Waals surface area contributed by atoms with Crippen molar-refractivity contribution in [1.82, 2.24) is 10.2 Å². The molecule has 1 aromatic carbocycles. The summed E-state index contributed by atoms with van der Waals surface area (Å²) in [4.78, 5) is 16.2. The molecular formula is C19H22N2O2S. The van der Waals surface area contributed by atoms with Crippen LogP contribution >= 0.6 is 11.3 Å². The molecule has 24 heavy (non-hydrogen) atoms. The molecule has 0 aliphatic carbocycles. The molecule has 3 saturated heterocycles. The molecule has 4 nitrogen and oxygen atoms in total. The van der Waals surface area contributed by atoms with Crippen molar-refractivity contribution in [3.05, 3.63) is 46.8 Å². The third kappa shape index (κ3) is 3.32. The lowest BCUT2D eigenvalue weighted by molar-refractivity contribution is 0.0620. The van der Waals surface area contributed by atoms with Gasteiger partial charge in [0.2, 0.25) is 0 Å². The van der Waals surface area contributed by atoms with Crippen LogP contribution in [0.4, 0.5) is 0 Å². The first-order chi connectivity index (χ1) is 11.7. The summed E-state index contributed by atoms with van der Waals surface area (Å²) in [5.74, 6) is 1.42. The molecule has 1 aromatic heterocycles. The van der Waals surface area contributed by atoms with Gasteiger partial charge in [0.15, 0.2) is 5.06 Å². The number of amides is 1. The number of benzene rings is 1. The number of carbonyl (C=O) groups is 1. The first-order valence-corrected chi connectivity index (χ1v) is 9.36. The van der Waals surface area contributed by atoms with E-state index in [0.717, 1.165) is 17.4 Å². The third-order valence-electron chi connectivity index (χ3n) is 5.02. The second-order valence-corrected chi connectivity index (χ2v) is 7.96. The predicted molar refractivity (Wildman–Crippen MR) is 96.0 cm³/mol. The van der Waals surface area contributed by atoms with Crippen LogP contribution in [-0.4, -0.2) is 36.5 Å². The number of piperidine rings is 3. The minimum atomic E-state index is 0.0206. The summed E-state index contributed by atoms with van der Waals surface area (Å²) in [6.45, 7) is 5.42. The number of nitrogens with zero attached hydrogens (tertiary/aromatic N) is 1. The van der Waals surface area contributed by atoms with Crippen molar-refractivity contribution in [2.75, 3.05) is 19.6 Å². The van der Waals surface area contributed by atoms with Gasteiger partial charge in [-0.1, -0.05) is 0 Å². The highest BCUT2D eigenvalue weighted by atomic mass is 32.1. The molecule has 5 rings (SSSR count). The predicted octanol–water partition coefficient (Wildman–Crippen LogP) is 3.67. The number of hydrogen-bond donors (Lipinski definition) is 1. The molecule has 0 spiro atoms. The van der Waals surface area contributed by atoms with Crippen molar-refractivity contribution < 1.29 is 9.53 Å². The Hall–Kier alpha value is -1.85. The summed E-state index contributed by atoms with van der Waals surface area (Å²) in [5.41, 5.74) is 0.696. The highest BCUT2D eigenvalue weighted by Crippen LogP contribution is 2.30. The third-order valence-corrected chi connectivity index (χ3v) is 5.90. The van der Waals surface area contributed by atoms with Gasteiger partial charge >= 0.3 is 0 Å². The topological polar surface area (TPSA) is 41.6 Å². The zero-order valence-electron chi connectivity index (χ0n) is 13.8. The monoisotopic (exact) mass is 342 g/mol. The van der Waals surface area contributed by atoms with Crippen LogP contribution in [0.15, 0.2) is 36.4 Å². The highest BCUT2D eigenvalue weighted by molar-refractivity contribution is 7.13. The lowest BCUT2D eigenvalue weighted by Gasteiger charge is -2.44. The lowest BCUT2D eigenvalue weighted by Crippen LogP contribution is -2.57. The average molecular weight is 342 g/mol. The van der Waals surface area contributed by atoms with Gasteiger partial charge in [0.1, 0.15) is 5.75 Å². The number of fused-ring (bicyclic) bond motifs is 3. The molecule has 3 aliphatic rings. The van der Waals surface area contributed by atoms with Crippen LogP contribution in [0.3, 0.4) is 0 Å². The number of hydrogen-bond acceptors (Lipinski definition) is 4. The van der Waals surface area contributed by atoms with E-state index in [4.69, 9.17) is 4.74 Å². The van der Waals surface area contributed by atoms with Gasteiger partial charge in [0, 0.05) is 23.0 Å². The molecule has 3 fully saturated rings. The van der Waals surface area contributed by atoms with E-state index in [1.807, 2.05) is 36.4 Å². The molecule has 0 radical (unpaired) electrons. The molecule has 1 N–H and O–H groups in total. The van der Waals surface area contributed by atoms with Crippen molar-refractivity contribution in [3.8, 4) is 10.8 Å². The first-order valence-electron chi connectivity index (χ1n) is 8.55. The number of ether oxygens (including phenoxy) is 1. The summed E-state index contributed by atoms with van der Waals surface area (Å²) in [7, 11) is 0. The number of aryl methyl sites for hydroxylation is 1. The van der Waals surface area contributed by atoms with Crippen molar-refractivity contribution in [2.24, 2.45) is 5.92 Å². The van der Waals surface area contributed by atoms with Crippen molar-refractivity contribution in [2.45, 2.75) is 25.8 Å². The summed E-state index contributed by atoms with van der Waals surface area (Å²) in [6.07, 6.45) is 2.41. The average Bonchev–Trinajstić information content (AvgIpc) is 3.01. The fourth-order valence-corrected chi connectivity index (χ4v) is 4.37. The van der Waals surface area contributed by atoms with Gasteiger partial charge in [-0.05, 0) is 75.2 Å². The SMILES string of the molecule is Cc1ccc(Oc2ccc(C(=O)N[C@H]3CN4CCC3CC4)cc2)s1. The van der Waals surface area contributed by atoms with Crippen LogP contribution in [-0.2, 0) is 0 Å². The minimum Gasteiger partial charge on any atom is -0.447 e. The molecule has 5 heteroatoms. The normalized spacial score (nSPS) is 25.5. The van der Waals surface area contributed by atoms with Gasteiger partial charge in [-0.3, -0.25) is 4.79 Å². The first kappa shape index (κ1) is 15.7. The van der Waals surface area contributed by atoms with Crippen molar-refractivity contribution in [3.63, 3.8) is 0 Å². The molecule has 0 unspecified atom stereocenters. The van der Waals surface area contributed by atoms with Gasteiger partial charge in [-0.2, -0.15) is 0 Å². The fraction of sp³-hybridized carbons (Fsp3) is 0.421. The van der Waals surface area contributed by atoms with Crippen LogP contribution in [0.2, 0.25) is 0 Å². The Morgan fingerprint density at radius 3 is 2.50 bits per heavy atom. The summed E-state index contributed by atoms with van der Waals surface area (Å²) >= 11 is 1.62. The second kappa shape index (κ2) is 6.57. The zero-order valence-corrected chi connectivity index (χ0v) is 14.6. The van der Waals surface area contributed by atoms with Crippen molar-refractivity contribution >= 4 is 17.2 Å². The quantitative estimate of drug-likeness (QED) is 0.922. The minimum absolute atomic E-state index is 0.0206. The van der Waals surface area contributed by atoms with Crippen LogP contribution in [0.1, 0.15) is 28.1 Å². The molecular weight excluding hydrogens is 320 g/mol. The smallest absolute Gasteiger partial charge is 0.251 e. The van der Waals surface area contributed by atoms with Gasteiger partial charge < -0.3 is 15.0 Å². The van der Waals surface area contributed by atoms with E-state index in [1.54, 1.807) is 11.3 Å². The van der Waals surface area contributed by atoms with Gasteiger partial charge in [0.05, 0.1) is 0 Å². The maximum atomic E-state index is 12.5. The Labute approximate surface area is 146 Å². The molecule has 0 saturated carbocycles. The maximum Gasteiger partial charge on any atom is 0.251 e. The van der Waals surface area contributed by atoms with E-state index in [1.165, 1.54) is 30.8 Å². The number of carbonyl (C=O) groups excluding carboxylic acids is 1. The molecule has 4 heterocycles. The Morgan fingerprint density at radius 1 is 1.17 bits per heavy atom. The van der Waals surface area contributed by atoms with Crippen LogP contribution in [0, 0.1) is 12.8 Å². The lowest BCUT2D eigenvalue weighted by atomic mass is 9.84. The van der Waals surface area contributed by atoms with E-state index in [2.05, 4.69) is 17.1 Å². The van der Waals surface area contributed by atoms with Gasteiger partial charge in [0.25, 0.3) is 5.91 Å². The summed E-state index contributed by atoms with van der Waals surface area (Å²) < 4.78 is 5.80. The van der Waals surface area contributed by atoms with E-state index < -0.39 is 0 Å². The number of nitrogens with one attached hydrogen (secondary N) is 1. The Balaban J connectivity index is 1.38. The largest absolute Gasteiger partial charge is 0.447 e. The standard InChI is InChI=1S/C19H22N2O2S/c1-13-2-7-18(24-13)23-16-5-3-15(4-6-16)19(22)20-17-12-21-10-8-14(17)9-11-21/h2-7,14,17H,8-12H2,1H3,(H,20,22)/t17-/m0/s1. The van der Waals surface area contributed by atoms with Crippen LogP contribution in [0.5, 0.6) is 10.8 Å². The fourth-order valence-electron chi connectivity index (χ4n) is 3.64. The molecule has 1 atom stereocenters.